The Balaban J connectivity index is 1.85. The number of anilines is 1. The summed E-state index contributed by atoms with van der Waals surface area (Å²) in [4.78, 5) is 24.6. The molecule has 0 atom stereocenters. The number of hydrogen-bond acceptors (Lipinski definition) is 4. The average molecular weight is 398 g/mol. The van der Waals surface area contributed by atoms with Crippen molar-refractivity contribution in [3.8, 4) is 11.1 Å². The van der Waals surface area contributed by atoms with E-state index in [-0.39, 0.29) is 5.91 Å². The second-order valence-corrected chi connectivity index (χ2v) is 6.90. The molecule has 3 rings (SSSR count). The molecule has 0 radical (unpaired) electrons. The molecule has 0 unspecified atom stereocenters. The molecule has 1 amide bonds. The monoisotopic (exact) mass is 397 g/mol. The summed E-state index contributed by atoms with van der Waals surface area (Å²) in [6.45, 7) is 0. The van der Waals surface area contributed by atoms with E-state index in [1.165, 1.54) is 24.5 Å². The molecule has 1 heterocycles. The number of rotatable bonds is 5. The van der Waals surface area contributed by atoms with Crippen LogP contribution in [0.15, 0.2) is 66.1 Å². The van der Waals surface area contributed by atoms with Crippen LogP contribution in [-0.2, 0) is 9.53 Å². The van der Waals surface area contributed by atoms with E-state index in [1.54, 1.807) is 24.3 Å². The Kier molecular flexibility index (Phi) is 6.06. The fourth-order valence-corrected chi connectivity index (χ4v) is 3.68. The maximum Gasteiger partial charge on any atom is 0.341 e. The standard InChI is InChI=1S/C21H16ClNO3S/c1-26-21(25)19-17(15-7-3-2-4-8-15)13-27-20(19)23-18(24)11-10-14-6-5-9-16(22)12-14/h2-13H,1H3,(H,23,24). The Morgan fingerprint density at radius 3 is 2.59 bits per heavy atom. The summed E-state index contributed by atoms with van der Waals surface area (Å²) >= 11 is 7.22. The number of carbonyl (C=O) groups is 2. The third-order valence-corrected chi connectivity index (χ3v) is 4.91. The average Bonchev–Trinajstić information content (AvgIpc) is 3.10. The van der Waals surface area contributed by atoms with Crippen molar-refractivity contribution in [2.45, 2.75) is 0 Å². The number of thiophene rings is 1. The molecule has 136 valence electrons. The summed E-state index contributed by atoms with van der Waals surface area (Å²) in [5.74, 6) is -0.842. The molecule has 0 aliphatic heterocycles. The zero-order valence-corrected chi connectivity index (χ0v) is 16.0. The van der Waals surface area contributed by atoms with Gasteiger partial charge in [0.1, 0.15) is 10.6 Å². The van der Waals surface area contributed by atoms with Gasteiger partial charge in [-0.2, -0.15) is 0 Å². The molecule has 6 heteroatoms. The zero-order chi connectivity index (χ0) is 19.2. The van der Waals surface area contributed by atoms with E-state index in [0.717, 1.165) is 16.7 Å². The Hall–Kier alpha value is -2.89. The minimum absolute atomic E-state index is 0.346. The SMILES string of the molecule is COC(=O)c1c(-c2ccccc2)csc1NC(=O)C=Cc1cccc(Cl)c1. The van der Waals surface area contributed by atoms with Gasteiger partial charge in [0.05, 0.1) is 7.11 Å². The summed E-state index contributed by atoms with van der Waals surface area (Å²) < 4.78 is 4.91. The van der Waals surface area contributed by atoms with E-state index in [9.17, 15) is 9.59 Å². The lowest BCUT2D eigenvalue weighted by molar-refractivity contribution is -0.111. The van der Waals surface area contributed by atoms with Crippen LogP contribution in [0.2, 0.25) is 5.02 Å². The van der Waals surface area contributed by atoms with E-state index in [4.69, 9.17) is 16.3 Å². The molecule has 0 aliphatic rings. The second-order valence-electron chi connectivity index (χ2n) is 5.59. The van der Waals surface area contributed by atoms with Crippen LogP contribution in [0.4, 0.5) is 5.00 Å². The molecule has 4 nitrogen and oxygen atoms in total. The van der Waals surface area contributed by atoms with Crippen molar-refractivity contribution < 1.29 is 14.3 Å². The Labute approximate surface area is 166 Å². The number of ether oxygens (including phenoxy) is 1. The molecule has 27 heavy (non-hydrogen) atoms. The van der Waals surface area contributed by atoms with Gasteiger partial charge in [0, 0.05) is 22.0 Å². The number of esters is 1. The molecule has 0 fully saturated rings. The maximum atomic E-state index is 12.3. The van der Waals surface area contributed by atoms with Gasteiger partial charge in [-0.3, -0.25) is 4.79 Å². The summed E-state index contributed by atoms with van der Waals surface area (Å²) in [5.41, 5.74) is 2.76. The first-order chi connectivity index (χ1) is 13.1. The molecule has 2 aromatic carbocycles. The van der Waals surface area contributed by atoms with Gasteiger partial charge in [-0.1, -0.05) is 54.1 Å². The summed E-state index contributed by atoms with van der Waals surface area (Å²) in [6, 6.07) is 16.6. The second kappa shape index (κ2) is 8.66. The number of nitrogens with one attached hydrogen (secondary N) is 1. The van der Waals surface area contributed by atoms with Crippen molar-refractivity contribution in [2.24, 2.45) is 0 Å². The largest absolute Gasteiger partial charge is 0.465 e. The molecular formula is C21H16ClNO3S. The lowest BCUT2D eigenvalue weighted by Crippen LogP contribution is -2.11. The van der Waals surface area contributed by atoms with Gasteiger partial charge in [0.15, 0.2) is 0 Å². The zero-order valence-electron chi connectivity index (χ0n) is 14.4. The summed E-state index contributed by atoms with van der Waals surface area (Å²) in [7, 11) is 1.32. The fourth-order valence-electron chi connectivity index (χ4n) is 2.52. The van der Waals surface area contributed by atoms with E-state index >= 15 is 0 Å². The number of carbonyl (C=O) groups excluding carboxylic acids is 2. The van der Waals surface area contributed by atoms with E-state index in [1.807, 2.05) is 41.8 Å². The van der Waals surface area contributed by atoms with Crippen molar-refractivity contribution >= 4 is 45.9 Å². The van der Waals surface area contributed by atoms with Crippen LogP contribution in [-0.4, -0.2) is 19.0 Å². The predicted molar refractivity (Wildman–Crippen MR) is 110 cm³/mol. The first-order valence-corrected chi connectivity index (χ1v) is 9.34. The van der Waals surface area contributed by atoms with E-state index in [2.05, 4.69) is 5.32 Å². The summed E-state index contributed by atoms with van der Waals surface area (Å²) in [5, 5.41) is 5.63. The third kappa shape index (κ3) is 4.64. The van der Waals surface area contributed by atoms with Crippen molar-refractivity contribution in [2.75, 3.05) is 12.4 Å². The highest BCUT2D eigenvalue weighted by Crippen LogP contribution is 2.36. The van der Waals surface area contributed by atoms with E-state index < -0.39 is 5.97 Å². The molecule has 0 bridgehead atoms. The van der Waals surface area contributed by atoms with Gasteiger partial charge in [0.2, 0.25) is 5.91 Å². The van der Waals surface area contributed by atoms with Crippen LogP contribution in [0.5, 0.6) is 0 Å². The van der Waals surface area contributed by atoms with Crippen LogP contribution < -0.4 is 5.32 Å². The number of halogens is 1. The van der Waals surface area contributed by atoms with Gasteiger partial charge in [-0.25, -0.2) is 4.79 Å². The molecular weight excluding hydrogens is 382 g/mol. The van der Waals surface area contributed by atoms with Gasteiger partial charge >= 0.3 is 5.97 Å². The number of benzene rings is 2. The number of amides is 1. The first kappa shape index (κ1) is 18.9. The van der Waals surface area contributed by atoms with Crippen LogP contribution in [0.25, 0.3) is 17.2 Å². The minimum Gasteiger partial charge on any atom is -0.465 e. The topological polar surface area (TPSA) is 55.4 Å². The van der Waals surface area contributed by atoms with Gasteiger partial charge in [0.25, 0.3) is 0 Å². The molecule has 3 aromatic rings. The maximum absolute atomic E-state index is 12.3. The lowest BCUT2D eigenvalue weighted by atomic mass is 10.0. The molecule has 1 N–H and O–H groups in total. The molecule has 0 saturated heterocycles. The Bertz CT molecular complexity index is 996. The van der Waals surface area contributed by atoms with Crippen molar-refractivity contribution in [1.29, 1.82) is 0 Å². The Morgan fingerprint density at radius 2 is 1.89 bits per heavy atom. The van der Waals surface area contributed by atoms with Gasteiger partial charge in [-0.15, -0.1) is 11.3 Å². The highest BCUT2D eigenvalue weighted by Gasteiger charge is 2.21. The van der Waals surface area contributed by atoms with Crippen LogP contribution in [0, 0.1) is 0 Å². The van der Waals surface area contributed by atoms with E-state index in [0.29, 0.717) is 15.6 Å². The minimum atomic E-state index is -0.496. The molecule has 0 spiro atoms. The van der Waals surface area contributed by atoms with Gasteiger partial charge < -0.3 is 10.1 Å². The van der Waals surface area contributed by atoms with Crippen molar-refractivity contribution in [3.05, 3.63) is 82.2 Å². The predicted octanol–water partition coefficient (Wildman–Crippen LogP) is 5.51. The fraction of sp³-hybridized carbons (Fsp3) is 0.0476. The quantitative estimate of drug-likeness (QED) is 0.456. The third-order valence-electron chi connectivity index (χ3n) is 3.78. The van der Waals surface area contributed by atoms with Crippen LogP contribution in [0.1, 0.15) is 15.9 Å². The number of methoxy groups -OCH3 is 1. The van der Waals surface area contributed by atoms with Crippen LogP contribution in [0.3, 0.4) is 0 Å². The molecule has 0 saturated carbocycles. The highest BCUT2D eigenvalue weighted by molar-refractivity contribution is 7.15. The Morgan fingerprint density at radius 1 is 1.11 bits per heavy atom. The summed E-state index contributed by atoms with van der Waals surface area (Å²) in [6.07, 6.45) is 3.05. The van der Waals surface area contributed by atoms with Crippen molar-refractivity contribution in [3.63, 3.8) is 0 Å². The first-order valence-electron chi connectivity index (χ1n) is 8.08. The van der Waals surface area contributed by atoms with Gasteiger partial charge in [-0.05, 0) is 29.3 Å². The van der Waals surface area contributed by atoms with Crippen molar-refractivity contribution in [1.82, 2.24) is 0 Å². The van der Waals surface area contributed by atoms with Crippen LogP contribution >= 0.6 is 22.9 Å². The number of hydrogen-bond donors (Lipinski definition) is 1. The molecule has 1 aromatic heterocycles. The lowest BCUT2D eigenvalue weighted by Gasteiger charge is -2.06. The normalized spacial score (nSPS) is 10.7. The highest BCUT2D eigenvalue weighted by atomic mass is 35.5. The smallest absolute Gasteiger partial charge is 0.341 e. The molecule has 0 aliphatic carbocycles.